The van der Waals surface area contributed by atoms with Gasteiger partial charge in [0.15, 0.2) is 5.78 Å². The van der Waals surface area contributed by atoms with E-state index < -0.39 is 0 Å². The third-order valence-electron chi connectivity index (χ3n) is 8.37. The molecular formula is C21H25ClO3. The summed E-state index contributed by atoms with van der Waals surface area (Å²) >= 11 is 6.39. The standard InChI is InChI=1S/C21H25ClO3/c1-20-9-6-13-12-4-5-17(23)19(22)15(12)3-2-14(13)16(20)7-10-21(20)11-8-18(24)25-21/h8,11-14,16H,2-7,9-10H2,1H3/t12-,13-,14-,16+,20+,21-/m1/s1. The zero-order chi connectivity index (χ0) is 17.4. The van der Waals surface area contributed by atoms with E-state index in [-0.39, 0.29) is 22.8 Å². The van der Waals surface area contributed by atoms with Crippen molar-refractivity contribution in [3.63, 3.8) is 0 Å². The van der Waals surface area contributed by atoms with Crippen LogP contribution in [-0.4, -0.2) is 17.4 Å². The molecule has 6 atom stereocenters. The van der Waals surface area contributed by atoms with Crippen LogP contribution < -0.4 is 0 Å². The van der Waals surface area contributed by atoms with E-state index in [4.69, 9.17) is 16.3 Å². The maximum Gasteiger partial charge on any atom is 0.331 e. The van der Waals surface area contributed by atoms with Crippen LogP contribution in [0.1, 0.15) is 58.3 Å². The summed E-state index contributed by atoms with van der Waals surface area (Å²) in [6, 6.07) is 0. The van der Waals surface area contributed by atoms with Crippen molar-refractivity contribution in [2.45, 2.75) is 63.9 Å². The van der Waals surface area contributed by atoms with Gasteiger partial charge in [0, 0.05) is 17.9 Å². The summed E-state index contributed by atoms with van der Waals surface area (Å²) in [6.45, 7) is 2.35. The van der Waals surface area contributed by atoms with Gasteiger partial charge in [-0.25, -0.2) is 4.79 Å². The number of fused-ring (bicyclic) bond motifs is 6. The fourth-order valence-corrected chi connectivity index (χ4v) is 7.49. The third-order valence-corrected chi connectivity index (χ3v) is 8.82. The van der Waals surface area contributed by atoms with Crippen LogP contribution in [0, 0.1) is 29.1 Å². The second-order valence-corrected chi connectivity index (χ2v) is 9.40. The summed E-state index contributed by atoms with van der Waals surface area (Å²) in [5, 5.41) is 0.554. The lowest BCUT2D eigenvalue weighted by Crippen LogP contribution is -2.52. The molecule has 0 saturated heterocycles. The van der Waals surface area contributed by atoms with Gasteiger partial charge in [0.25, 0.3) is 0 Å². The first-order valence-corrected chi connectivity index (χ1v) is 10.2. The summed E-state index contributed by atoms with van der Waals surface area (Å²) < 4.78 is 5.87. The summed E-state index contributed by atoms with van der Waals surface area (Å²) in [5.74, 6) is 2.42. The minimum Gasteiger partial charge on any atom is -0.451 e. The molecule has 0 aromatic heterocycles. The van der Waals surface area contributed by atoms with Crippen LogP contribution in [0.3, 0.4) is 0 Å². The highest BCUT2D eigenvalue weighted by Crippen LogP contribution is 2.67. The van der Waals surface area contributed by atoms with Gasteiger partial charge in [0.2, 0.25) is 0 Å². The van der Waals surface area contributed by atoms with Crippen LogP contribution in [0.4, 0.5) is 0 Å². The Morgan fingerprint density at radius 3 is 2.68 bits per heavy atom. The van der Waals surface area contributed by atoms with Crippen LogP contribution in [0.5, 0.6) is 0 Å². The van der Waals surface area contributed by atoms with Gasteiger partial charge < -0.3 is 4.74 Å². The molecule has 25 heavy (non-hydrogen) atoms. The Kier molecular flexibility index (Phi) is 3.36. The predicted molar refractivity (Wildman–Crippen MR) is 94.9 cm³/mol. The molecule has 0 N–H and O–H groups in total. The van der Waals surface area contributed by atoms with Crippen molar-refractivity contribution in [1.82, 2.24) is 0 Å². The second kappa shape index (κ2) is 5.22. The van der Waals surface area contributed by atoms with Crippen LogP contribution in [-0.2, 0) is 14.3 Å². The maximum absolute atomic E-state index is 12.0. The lowest BCUT2D eigenvalue weighted by Gasteiger charge is -2.55. The quantitative estimate of drug-likeness (QED) is 0.595. The largest absolute Gasteiger partial charge is 0.451 e. The summed E-state index contributed by atoms with van der Waals surface area (Å²) in [5.41, 5.74) is 0.949. The van der Waals surface area contributed by atoms with Crippen LogP contribution >= 0.6 is 11.6 Å². The van der Waals surface area contributed by atoms with Gasteiger partial charge in [0.1, 0.15) is 5.60 Å². The summed E-state index contributed by atoms with van der Waals surface area (Å²) in [7, 11) is 0. The fourth-order valence-electron chi connectivity index (χ4n) is 7.16. The molecule has 1 heterocycles. The highest BCUT2D eigenvalue weighted by molar-refractivity contribution is 6.43. The maximum atomic E-state index is 12.0. The molecule has 4 aliphatic carbocycles. The van der Waals surface area contributed by atoms with Crippen molar-refractivity contribution in [2.75, 3.05) is 0 Å². The van der Waals surface area contributed by atoms with Crippen molar-refractivity contribution < 1.29 is 14.3 Å². The fraction of sp³-hybridized carbons (Fsp3) is 0.714. The highest BCUT2D eigenvalue weighted by atomic mass is 35.5. The number of ketones is 1. The Bertz CT molecular complexity index is 723. The van der Waals surface area contributed by atoms with Gasteiger partial charge in [-0.2, -0.15) is 0 Å². The molecule has 5 rings (SSSR count). The molecule has 0 aromatic carbocycles. The van der Waals surface area contributed by atoms with Crippen molar-refractivity contribution in [2.24, 2.45) is 29.1 Å². The smallest absolute Gasteiger partial charge is 0.331 e. The van der Waals surface area contributed by atoms with Gasteiger partial charge in [-0.3, -0.25) is 4.79 Å². The molecule has 0 bridgehead atoms. The molecule has 1 spiro atoms. The molecule has 134 valence electrons. The van der Waals surface area contributed by atoms with E-state index in [0.717, 1.165) is 44.9 Å². The van der Waals surface area contributed by atoms with E-state index in [1.807, 2.05) is 0 Å². The number of rotatable bonds is 0. The summed E-state index contributed by atoms with van der Waals surface area (Å²) in [4.78, 5) is 23.8. The molecule has 4 heteroatoms. The Hall–Kier alpha value is -1.09. The number of carbonyl (C=O) groups excluding carboxylic acids is 2. The van der Waals surface area contributed by atoms with Crippen molar-refractivity contribution >= 4 is 23.4 Å². The van der Waals surface area contributed by atoms with Crippen LogP contribution in [0.25, 0.3) is 0 Å². The van der Waals surface area contributed by atoms with Crippen molar-refractivity contribution in [3.05, 3.63) is 22.8 Å². The normalized spacial score (nSPS) is 48.4. The molecule has 0 unspecified atom stereocenters. The number of allylic oxidation sites excluding steroid dienone is 1. The number of hydrogen-bond donors (Lipinski definition) is 0. The first kappa shape index (κ1) is 16.1. The van der Waals surface area contributed by atoms with Gasteiger partial charge in [-0.05, 0) is 80.3 Å². The predicted octanol–water partition coefficient (Wildman–Crippen LogP) is 4.55. The monoisotopic (exact) mass is 360 g/mol. The minimum atomic E-state index is -0.365. The van der Waals surface area contributed by atoms with Gasteiger partial charge in [-0.15, -0.1) is 0 Å². The topological polar surface area (TPSA) is 43.4 Å². The number of hydrogen-bond acceptors (Lipinski definition) is 3. The van der Waals surface area contributed by atoms with Crippen molar-refractivity contribution in [1.29, 1.82) is 0 Å². The number of halogens is 1. The van der Waals surface area contributed by atoms with E-state index in [2.05, 4.69) is 13.0 Å². The zero-order valence-corrected chi connectivity index (χ0v) is 15.5. The Labute approximate surface area is 153 Å². The number of carbonyl (C=O) groups is 2. The van der Waals surface area contributed by atoms with E-state index in [0.29, 0.717) is 35.1 Å². The van der Waals surface area contributed by atoms with Gasteiger partial charge in [0.05, 0.1) is 5.03 Å². The summed E-state index contributed by atoms with van der Waals surface area (Å²) in [6.07, 6.45) is 11.8. The number of esters is 1. The van der Waals surface area contributed by atoms with E-state index in [1.54, 1.807) is 6.08 Å². The number of ether oxygens (including phenoxy) is 1. The Balaban J connectivity index is 1.48. The number of Topliss-reactive ketones (excluding diaryl/α,β-unsaturated/α-hetero) is 1. The van der Waals surface area contributed by atoms with Crippen LogP contribution in [0.15, 0.2) is 22.8 Å². The van der Waals surface area contributed by atoms with Crippen molar-refractivity contribution in [3.8, 4) is 0 Å². The second-order valence-electron chi connectivity index (χ2n) is 9.02. The average molecular weight is 361 g/mol. The molecule has 0 amide bonds. The van der Waals surface area contributed by atoms with Crippen LogP contribution in [0.2, 0.25) is 0 Å². The molecule has 3 saturated carbocycles. The van der Waals surface area contributed by atoms with E-state index >= 15 is 0 Å². The third kappa shape index (κ3) is 1.99. The molecule has 1 aliphatic heterocycles. The van der Waals surface area contributed by atoms with Gasteiger partial charge >= 0.3 is 5.97 Å². The first-order valence-electron chi connectivity index (χ1n) is 9.79. The minimum absolute atomic E-state index is 0.0618. The zero-order valence-electron chi connectivity index (χ0n) is 14.7. The lowest BCUT2D eigenvalue weighted by atomic mass is 9.50. The first-order chi connectivity index (χ1) is 12.0. The van der Waals surface area contributed by atoms with Gasteiger partial charge in [-0.1, -0.05) is 18.5 Å². The molecule has 3 nitrogen and oxygen atoms in total. The van der Waals surface area contributed by atoms with E-state index in [9.17, 15) is 9.59 Å². The van der Waals surface area contributed by atoms with E-state index in [1.165, 1.54) is 5.57 Å². The molecule has 3 fully saturated rings. The molecule has 0 aromatic rings. The molecular weight excluding hydrogens is 336 g/mol. The highest BCUT2D eigenvalue weighted by Gasteiger charge is 2.64. The lowest BCUT2D eigenvalue weighted by molar-refractivity contribution is -0.161. The molecule has 5 aliphatic rings. The molecule has 0 radical (unpaired) electrons. The Morgan fingerprint density at radius 1 is 1.08 bits per heavy atom. The Morgan fingerprint density at radius 2 is 1.92 bits per heavy atom. The average Bonchev–Trinajstić information content (AvgIpc) is 3.12. The SMILES string of the molecule is C[C@]12CC[C@H]3[C@@H](CCC4=C(Cl)C(=O)CC[C@@H]43)[C@@H]1CC[C@@]21C=CC(=O)O1.